The van der Waals surface area contributed by atoms with Gasteiger partial charge in [0.05, 0.1) is 5.71 Å². The molecule has 1 atom stereocenters. The van der Waals surface area contributed by atoms with Crippen molar-refractivity contribution in [1.82, 2.24) is 0 Å². The molecule has 0 radical (unpaired) electrons. The third kappa shape index (κ3) is 1.95. The summed E-state index contributed by atoms with van der Waals surface area (Å²) in [6.45, 7) is 0. The van der Waals surface area contributed by atoms with Crippen LogP contribution in [0.25, 0.3) is 0 Å². The molecule has 1 aromatic carbocycles. The van der Waals surface area contributed by atoms with Crippen molar-refractivity contribution in [2.75, 3.05) is 5.33 Å². The van der Waals surface area contributed by atoms with Crippen LogP contribution in [-0.2, 0) is 4.84 Å². The number of rotatable bonds is 2. The molecule has 1 aromatic rings. The Morgan fingerprint density at radius 3 is 2.71 bits per heavy atom. The largest absolute Gasteiger partial charge is 0.391 e. The van der Waals surface area contributed by atoms with Crippen molar-refractivity contribution >= 4 is 21.6 Å². The van der Waals surface area contributed by atoms with Crippen LogP contribution >= 0.6 is 15.9 Å². The maximum absolute atomic E-state index is 12.6. The minimum absolute atomic E-state index is 0.107. The number of nitrogens with zero attached hydrogens (tertiary/aromatic N) is 1. The second kappa shape index (κ2) is 4.09. The van der Waals surface area contributed by atoms with Gasteiger partial charge in [-0.2, -0.15) is 0 Å². The zero-order chi connectivity index (χ0) is 9.97. The van der Waals surface area contributed by atoms with E-state index in [9.17, 15) is 4.39 Å². The molecule has 1 heterocycles. The van der Waals surface area contributed by atoms with Crippen LogP contribution in [0.5, 0.6) is 0 Å². The lowest BCUT2D eigenvalue weighted by molar-refractivity contribution is 0.104. The van der Waals surface area contributed by atoms with Crippen LogP contribution in [-0.4, -0.2) is 17.1 Å². The highest BCUT2D eigenvalue weighted by molar-refractivity contribution is 9.09. The van der Waals surface area contributed by atoms with E-state index in [1.807, 2.05) is 0 Å². The van der Waals surface area contributed by atoms with E-state index < -0.39 is 0 Å². The van der Waals surface area contributed by atoms with E-state index >= 15 is 0 Å². The molecule has 2 nitrogen and oxygen atoms in total. The van der Waals surface area contributed by atoms with Gasteiger partial charge in [-0.15, -0.1) is 0 Å². The Kier molecular flexibility index (Phi) is 2.82. The van der Waals surface area contributed by atoms with E-state index in [-0.39, 0.29) is 11.9 Å². The molecule has 0 aromatic heterocycles. The predicted octanol–water partition coefficient (Wildman–Crippen LogP) is 2.71. The second-order valence-corrected chi connectivity index (χ2v) is 3.78. The van der Waals surface area contributed by atoms with Crippen molar-refractivity contribution in [3.8, 4) is 0 Å². The highest BCUT2D eigenvalue weighted by atomic mass is 79.9. The molecule has 74 valence electrons. The van der Waals surface area contributed by atoms with Crippen molar-refractivity contribution in [3.63, 3.8) is 0 Å². The van der Waals surface area contributed by atoms with Crippen molar-refractivity contribution in [1.29, 1.82) is 0 Å². The monoisotopic (exact) mass is 257 g/mol. The summed E-state index contributed by atoms with van der Waals surface area (Å²) in [5.41, 5.74) is 1.81. The fourth-order valence-electron chi connectivity index (χ4n) is 1.32. The smallest absolute Gasteiger partial charge is 0.142 e. The van der Waals surface area contributed by atoms with Gasteiger partial charge in [0.25, 0.3) is 0 Å². The molecule has 4 heteroatoms. The van der Waals surface area contributed by atoms with Crippen LogP contribution in [0.1, 0.15) is 12.0 Å². The summed E-state index contributed by atoms with van der Waals surface area (Å²) in [5, 5.41) is 4.72. The summed E-state index contributed by atoms with van der Waals surface area (Å²) in [5.74, 6) is -0.231. The highest BCUT2D eigenvalue weighted by Gasteiger charge is 2.20. The summed E-state index contributed by atoms with van der Waals surface area (Å²) in [6.07, 6.45) is 0.881. The molecule has 1 aliphatic rings. The number of benzene rings is 1. The van der Waals surface area contributed by atoms with Crippen LogP contribution in [0.2, 0.25) is 0 Å². The molecular formula is C10H9BrFNO. The first-order valence-electron chi connectivity index (χ1n) is 4.34. The fraction of sp³-hybridized carbons (Fsp3) is 0.300. The molecule has 0 saturated heterocycles. The maximum Gasteiger partial charge on any atom is 0.142 e. The van der Waals surface area contributed by atoms with Crippen LogP contribution < -0.4 is 0 Å². The first-order chi connectivity index (χ1) is 6.79. The zero-order valence-electron chi connectivity index (χ0n) is 7.41. The molecule has 0 aliphatic carbocycles. The van der Waals surface area contributed by atoms with E-state index in [0.29, 0.717) is 0 Å². The normalized spacial score (nSPS) is 20.4. The average molecular weight is 258 g/mol. The Labute approximate surface area is 89.9 Å². The summed E-state index contributed by atoms with van der Waals surface area (Å²) < 4.78 is 12.6. The van der Waals surface area contributed by atoms with Gasteiger partial charge in [0.15, 0.2) is 0 Å². The first kappa shape index (κ1) is 9.65. The molecule has 0 fully saturated rings. The lowest BCUT2D eigenvalue weighted by Crippen LogP contribution is -2.09. The Balaban J connectivity index is 2.13. The molecule has 14 heavy (non-hydrogen) atoms. The summed E-state index contributed by atoms with van der Waals surface area (Å²) >= 11 is 3.33. The van der Waals surface area contributed by atoms with E-state index in [4.69, 9.17) is 4.84 Å². The lowest BCUT2D eigenvalue weighted by Gasteiger charge is -2.01. The Morgan fingerprint density at radius 2 is 2.14 bits per heavy atom. The average Bonchev–Trinajstić information content (AvgIpc) is 2.67. The lowest BCUT2D eigenvalue weighted by atomic mass is 10.1. The summed E-state index contributed by atoms with van der Waals surface area (Å²) in [7, 11) is 0. The highest BCUT2D eigenvalue weighted by Crippen LogP contribution is 2.18. The van der Waals surface area contributed by atoms with Gasteiger partial charge >= 0.3 is 0 Å². The Morgan fingerprint density at radius 1 is 1.43 bits per heavy atom. The molecule has 0 unspecified atom stereocenters. The SMILES string of the molecule is Fc1ccc(C2=NO[C@H](CBr)C2)cc1. The fourth-order valence-corrected chi connectivity index (χ4v) is 1.67. The molecule has 2 rings (SSSR count). The van der Waals surface area contributed by atoms with Gasteiger partial charge in [-0.05, 0) is 17.7 Å². The molecular weight excluding hydrogens is 249 g/mol. The minimum Gasteiger partial charge on any atom is -0.391 e. The molecule has 1 aliphatic heterocycles. The predicted molar refractivity (Wildman–Crippen MR) is 56.2 cm³/mol. The van der Waals surface area contributed by atoms with Crippen molar-refractivity contribution < 1.29 is 9.23 Å². The minimum atomic E-state index is -0.231. The number of alkyl halides is 1. The third-order valence-electron chi connectivity index (χ3n) is 2.08. The van der Waals surface area contributed by atoms with Crippen LogP contribution in [0.3, 0.4) is 0 Å². The molecule has 0 spiro atoms. The Bertz CT molecular complexity index is 350. The van der Waals surface area contributed by atoms with Gasteiger partial charge < -0.3 is 4.84 Å². The standard InChI is InChI=1S/C10H9BrFNO/c11-6-9-5-10(13-14-9)7-1-3-8(12)4-2-7/h1-4,9H,5-6H2/t9-/m0/s1. The quantitative estimate of drug-likeness (QED) is 0.747. The zero-order valence-corrected chi connectivity index (χ0v) is 9.00. The molecule has 0 saturated carbocycles. The number of hydrogen-bond acceptors (Lipinski definition) is 2. The maximum atomic E-state index is 12.6. The number of oxime groups is 1. The van der Waals surface area contributed by atoms with Gasteiger partial charge in [0.1, 0.15) is 11.9 Å². The van der Waals surface area contributed by atoms with Crippen LogP contribution in [0.4, 0.5) is 4.39 Å². The van der Waals surface area contributed by atoms with Crippen molar-refractivity contribution in [2.24, 2.45) is 5.16 Å². The topological polar surface area (TPSA) is 21.6 Å². The first-order valence-corrected chi connectivity index (χ1v) is 5.46. The third-order valence-corrected chi connectivity index (χ3v) is 2.80. The number of halogens is 2. The van der Waals surface area contributed by atoms with Gasteiger partial charge in [0.2, 0.25) is 0 Å². The van der Waals surface area contributed by atoms with E-state index in [1.54, 1.807) is 12.1 Å². The van der Waals surface area contributed by atoms with Gasteiger partial charge in [-0.25, -0.2) is 4.39 Å². The molecule has 0 N–H and O–H groups in total. The Hall–Kier alpha value is -0.900. The van der Waals surface area contributed by atoms with Crippen molar-refractivity contribution in [3.05, 3.63) is 35.6 Å². The van der Waals surface area contributed by atoms with Gasteiger partial charge in [-0.1, -0.05) is 33.2 Å². The summed E-state index contributed by atoms with van der Waals surface area (Å²) in [6, 6.07) is 6.29. The van der Waals surface area contributed by atoms with Crippen molar-refractivity contribution in [2.45, 2.75) is 12.5 Å². The van der Waals surface area contributed by atoms with E-state index in [0.717, 1.165) is 23.0 Å². The van der Waals surface area contributed by atoms with Gasteiger partial charge in [0, 0.05) is 11.8 Å². The second-order valence-electron chi connectivity index (χ2n) is 3.13. The van der Waals surface area contributed by atoms with Crippen LogP contribution in [0.15, 0.2) is 29.4 Å². The number of hydrogen-bond donors (Lipinski definition) is 0. The van der Waals surface area contributed by atoms with Crippen LogP contribution in [0, 0.1) is 5.82 Å². The van der Waals surface area contributed by atoms with E-state index in [2.05, 4.69) is 21.1 Å². The van der Waals surface area contributed by atoms with E-state index in [1.165, 1.54) is 12.1 Å². The molecule has 0 amide bonds. The molecule has 0 bridgehead atoms. The van der Waals surface area contributed by atoms with Gasteiger partial charge in [-0.3, -0.25) is 0 Å². The summed E-state index contributed by atoms with van der Waals surface area (Å²) in [4.78, 5) is 5.15.